The second-order valence-corrected chi connectivity index (χ2v) is 17.3. The van der Waals surface area contributed by atoms with Crippen molar-refractivity contribution in [2.75, 3.05) is 53.6 Å². The maximum Gasteiger partial charge on any atom is 0.261 e. The highest BCUT2D eigenvalue weighted by atomic mass is 16.5. The Bertz CT molecular complexity index is 1020. The number of amides is 2. The van der Waals surface area contributed by atoms with E-state index in [4.69, 9.17) is 9.47 Å². The summed E-state index contributed by atoms with van der Waals surface area (Å²) < 4.78 is 13.5. The van der Waals surface area contributed by atoms with Crippen LogP contribution in [0.3, 0.4) is 0 Å². The molecule has 1 aliphatic rings. The molecule has 1 heterocycles. The lowest BCUT2D eigenvalue weighted by Gasteiger charge is -2.34. The molecule has 0 N–H and O–H groups in total. The van der Waals surface area contributed by atoms with Gasteiger partial charge in [0.1, 0.15) is 12.6 Å². The third-order valence-corrected chi connectivity index (χ3v) is 11.5. The van der Waals surface area contributed by atoms with Crippen molar-refractivity contribution in [3.05, 3.63) is 35.4 Å². The van der Waals surface area contributed by atoms with Gasteiger partial charge in [0.2, 0.25) is 0 Å². The van der Waals surface area contributed by atoms with Crippen LogP contribution in [0.25, 0.3) is 0 Å². The van der Waals surface area contributed by atoms with Gasteiger partial charge in [-0.05, 0) is 25.0 Å². The molecule has 0 fully saturated rings. The standard InChI is InChI=1S/C48H87N2O4/c1-5-7-9-11-13-15-17-19-21-23-25-27-29-33-40-53-43-44(54-41-34-30-28-26-24-22-20-18-16-14-12-10-8-6-2)42-50(3,4)39-35-38-49-47(51)45-36-31-32-37-46(45)48(49)52/h31-32,36-37,44H,5-30,33-35,38-43H2,1-4H3/q+1. The molecule has 2 rings (SSSR count). The molecule has 0 aliphatic carbocycles. The number of imide groups is 1. The zero-order valence-corrected chi connectivity index (χ0v) is 36.2. The summed E-state index contributed by atoms with van der Waals surface area (Å²) in [5, 5.41) is 0. The normalized spacial score (nSPS) is 13.7. The minimum atomic E-state index is -0.160. The number of fused-ring (bicyclic) bond motifs is 1. The Kier molecular flexibility index (Phi) is 29.0. The van der Waals surface area contributed by atoms with Gasteiger partial charge in [-0.15, -0.1) is 0 Å². The van der Waals surface area contributed by atoms with Crippen LogP contribution in [0.15, 0.2) is 24.3 Å². The Morgan fingerprint density at radius 2 is 0.889 bits per heavy atom. The van der Waals surface area contributed by atoms with Crippen molar-refractivity contribution in [2.24, 2.45) is 0 Å². The second kappa shape index (κ2) is 32.3. The monoisotopic (exact) mass is 756 g/mol. The molecule has 0 saturated heterocycles. The van der Waals surface area contributed by atoms with E-state index in [0.29, 0.717) is 24.3 Å². The summed E-state index contributed by atoms with van der Waals surface area (Å²) in [4.78, 5) is 27.1. The van der Waals surface area contributed by atoms with Gasteiger partial charge in [-0.3, -0.25) is 14.5 Å². The highest BCUT2D eigenvalue weighted by Crippen LogP contribution is 2.23. The lowest BCUT2D eigenvalue weighted by Crippen LogP contribution is -2.49. The molecule has 1 aliphatic heterocycles. The average Bonchev–Trinajstić information content (AvgIpc) is 3.40. The van der Waals surface area contributed by atoms with E-state index in [1.54, 1.807) is 12.1 Å². The molecule has 312 valence electrons. The Labute approximate surface area is 334 Å². The van der Waals surface area contributed by atoms with Gasteiger partial charge in [0.25, 0.3) is 11.8 Å². The summed E-state index contributed by atoms with van der Waals surface area (Å²) >= 11 is 0. The zero-order valence-electron chi connectivity index (χ0n) is 36.2. The van der Waals surface area contributed by atoms with E-state index in [0.717, 1.165) is 50.0 Å². The van der Waals surface area contributed by atoms with Crippen LogP contribution in [0.4, 0.5) is 0 Å². The molecule has 54 heavy (non-hydrogen) atoms. The summed E-state index contributed by atoms with van der Waals surface area (Å²) in [6, 6.07) is 7.17. The number of quaternary nitrogens is 1. The van der Waals surface area contributed by atoms with E-state index in [1.165, 1.54) is 172 Å². The fourth-order valence-corrected chi connectivity index (χ4v) is 8.06. The number of nitrogens with zero attached hydrogens (tertiary/aromatic N) is 2. The number of rotatable bonds is 39. The van der Waals surface area contributed by atoms with Crippen molar-refractivity contribution in [3.8, 4) is 0 Å². The third-order valence-electron chi connectivity index (χ3n) is 11.5. The number of carbonyl (C=O) groups is 2. The van der Waals surface area contributed by atoms with Crippen LogP contribution in [-0.2, 0) is 9.47 Å². The molecule has 1 aromatic carbocycles. The van der Waals surface area contributed by atoms with E-state index < -0.39 is 0 Å². The van der Waals surface area contributed by atoms with Crippen molar-refractivity contribution in [2.45, 2.75) is 206 Å². The SMILES string of the molecule is CCCCCCCCCCCCCCCCOCC(C[N+](C)(C)CCCN1C(=O)c2ccccc2C1=O)OCCCCCCCCCCCCCCCC. The Balaban J connectivity index is 1.62. The minimum absolute atomic E-state index is 0.0490. The number of benzene rings is 1. The molecule has 1 atom stereocenters. The first kappa shape index (κ1) is 48.4. The largest absolute Gasteiger partial charge is 0.379 e. The molecule has 0 spiro atoms. The molecule has 1 aromatic rings. The number of hydrogen-bond acceptors (Lipinski definition) is 4. The summed E-state index contributed by atoms with van der Waals surface area (Å²) in [7, 11) is 4.47. The van der Waals surface area contributed by atoms with Gasteiger partial charge in [0.15, 0.2) is 0 Å². The molecule has 0 radical (unpaired) electrons. The topological polar surface area (TPSA) is 55.8 Å². The maximum absolute atomic E-state index is 12.9. The second-order valence-electron chi connectivity index (χ2n) is 17.3. The first-order valence-electron chi connectivity index (χ1n) is 23.4. The van der Waals surface area contributed by atoms with Gasteiger partial charge in [-0.25, -0.2) is 0 Å². The van der Waals surface area contributed by atoms with Crippen molar-refractivity contribution in [3.63, 3.8) is 0 Å². The number of hydrogen-bond donors (Lipinski definition) is 0. The van der Waals surface area contributed by atoms with Crippen molar-refractivity contribution in [1.82, 2.24) is 4.90 Å². The quantitative estimate of drug-likeness (QED) is 0.0381. The predicted octanol–water partition coefficient (Wildman–Crippen LogP) is 13.1. The molecule has 6 nitrogen and oxygen atoms in total. The van der Waals surface area contributed by atoms with E-state index >= 15 is 0 Å². The van der Waals surface area contributed by atoms with Crippen LogP contribution >= 0.6 is 0 Å². The lowest BCUT2D eigenvalue weighted by molar-refractivity contribution is -0.893. The van der Waals surface area contributed by atoms with Crippen molar-refractivity contribution >= 4 is 11.8 Å². The Morgan fingerprint density at radius 1 is 0.519 bits per heavy atom. The van der Waals surface area contributed by atoms with Gasteiger partial charge >= 0.3 is 0 Å². The molecule has 0 bridgehead atoms. The molecule has 0 saturated carbocycles. The Morgan fingerprint density at radius 3 is 1.30 bits per heavy atom. The number of likely N-dealkylation sites (N-methyl/N-ethyl adjacent to an activating group) is 1. The zero-order chi connectivity index (χ0) is 39.0. The summed E-state index contributed by atoms with van der Waals surface area (Å²) in [5.41, 5.74) is 1.06. The van der Waals surface area contributed by atoms with Gasteiger partial charge < -0.3 is 14.0 Å². The van der Waals surface area contributed by atoms with Crippen LogP contribution in [-0.4, -0.2) is 80.9 Å². The van der Waals surface area contributed by atoms with E-state index in [-0.39, 0.29) is 17.9 Å². The van der Waals surface area contributed by atoms with Crippen molar-refractivity contribution in [1.29, 1.82) is 0 Å². The fourth-order valence-electron chi connectivity index (χ4n) is 8.06. The number of carbonyl (C=O) groups excluding carboxylic acids is 2. The average molecular weight is 756 g/mol. The highest BCUT2D eigenvalue weighted by Gasteiger charge is 2.35. The maximum atomic E-state index is 12.9. The van der Waals surface area contributed by atoms with Gasteiger partial charge in [-0.1, -0.05) is 193 Å². The lowest BCUT2D eigenvalue weighted by atomic mass is 10.0. The third kappa shape index (κ3) is 23.3. The first-order valence-corrected chi connectivity index (χ1v) is 23.4. The highest BCUT2D eigenvalue weighted by molar-refractivity contribution is 6.21. The van der Waals surface area contributed by atoms with Crippen LogP contribution < -0.4 is 0 Å². The van der Waals surface area contributed by atoms with Crippen LogP contribution in [0.5, 0.6) is 0 Å². The summed E-state index contributed by atoms with van der Waals surface area (Å²) in [6.45, 7) is 9.00. The smallest absolute Gasteiger partial charge is 0.261 e. The predicted molar refractivity (Wildman–Crippen MR) is 229 cm³/mol. The summed E-state index contributed by atoms with van der Waals surface area (Å²) in [5.74, 6) is -0.320. The van der Waals surface area contributed by atoms with Crippen LogP contribution in [0.1, 0.15) is 221 Å². The molecule has 6 heteroatoms. The first-order chi connectivity index (χ1) is 26.4. The Hall–Kier alpha value is -1.76. The van der Waals surface area contributed by atoms with E-state index in [2.05, 4.69) is 27.9 Å². The molecular formula is C48H87N2O4+. The van der Waals surface area contributed by atoms with Crippen LogP contribution in [0.2, 0.25) is 0 Å². The van der Waals surface area contributed by atoms with Gasteiger partial charge in [-0.2, -0.15) is 0 Å². The molecular weight excluding hydrogens is 669 g/mol. The molecule has 0 aromatic heterocycles. The summed E-state index contributed by atoms with van der Waals surface area (Å²) in [6.07, 6.45) is 39.0. The number of unbranched alkanes of at least 4 members (excludes halogenated alkanes) is 26. The van der Waals surface area contributed by atoms with Crippen LogP contribution in [0, 0.1) is 0 Å². The number of ether oxygens (including phenoxy) is 2. The molecule has 1 unspecified atom stereocenters. The van der Waals surface area contributed by atoms with Crippen molar-refractivity contribution < 1.29 is 23.5 Å². The van der Waals surface area contributed by atoms with Gasteiger partial charge in [0, 0.05) is 26.2 Å². The van der Waals surface area contributed by atoms with E-state index in [1.807, 2.05) is 12.1 Å². The minimum Gasteiger partial charge on any atom is -0.379 e. The fraction of sp³-hybridized carbons (Fsp3) is 0.833. The van der Waals surface area contributed by atoms with Gasteiger partial charge in [0.05, 0.1) is 38.4 Å². The molecule has 2 amide bonds. The van der Waals surface area contributed by atoms with E-state index in [9.17, 15) is 9.59 Å².